The molecule has 38 heavy (non-hydrogen) atoms. The predicted molar refractivity (Wildman–Crippen MR) is 156 cm³/mol. The maximum absolute atomic E-state index is 13.1. The number of benzene rings is 3. The molecular formula is C29H28N2O5S2. The van der Waals surface area contributed by atoms with Crippen LogP contribution in [0.3, 0.4) is 0 Å². The second kappa shape index (κ2) is 12.6. The summed E-state index contributed by atoms with van der Waals surface area (Å²) < 4.78 is 17.1. The van der Waals surface area contributed by atoms with E-state index < -0.39 is 0 Å². The number of nitrogens with one attached hydrogen (secondary N) is 1. The van der Waals surface area contributed by atoms with Crippen LogP contribution in [0, 0.1) is 0 Å². The molecule has 3 aromatic rings. The topological polar surface area (TPSA) is 77.1 Å². The van der Waals surface area contributed by atoms with Crippen LogP contribution >= 0.6 is 24.0 Å². The number of hydrogen-bond acceptors (Lipinski definition) is 7. The average Bonchev–Trinajstić information content (AvgIpc) is 3.21. The Morgan fingerprint density at radius 1 is 1.00 bits per heavy atom. The summed E-state index contributed by atoms with van der Waals surface area (Å²) in [6.45, 7) is 4.38. The van der Waals surface area contributed by atoms with Crippen molar-refractivity contribution in [1.82, 2.24) is 0 Å². The highest BCUT2D eigenvalue weighted by Crippen LogP contribution is 2.37. The standard InChI is InChI=1S/C29H28N2O5S2/c1-4-19-6-9-21(10-7-19)30-27(32)18-36-24-15-8-20(16-25(24)34-3)17-26-28(33)31(29(37)38-26)22-11-13-23(14-12-22)35-5-2/h6-17H,4-5,18H2,1-3H3,(H,30,32)/b26-17-. The van der Waals surface area contributed by atoms with Gasteiger partial charge in [0, 0.05) is 5.69 Å². The number of anilines is 2. The van der Waals surface area contributed by atoms with Crippen LogP contribution < -0.4 is 24.4 Å². The fraction of sp³-hybridized carbons (Fsp3) is 0.207. The highest BCUT2D eigenvalue weighted by molar-refractivity contribution is 8.27. The van der Waals surface area contributed by atoms with Gasteiger partial charge >= 0.3 is 0 Å². The molecule has 1 heterocycles. The molecule has 0 radical (unpaired) electrons. The molecule has 196 valence electrons. The summed E-state index contributed by atoms with van der Waals surface area (Å²) in [5, 5.41) is 2.82. The number of methoxy groups -OCH3 is 1. The zero-order chi connectivity index (χ0) is 27.1. The van der Waals surface area contributed by atoms with Crippen molar-refractivity contribution in [2.75, 3.05) is 30.5 Å². The molecule has 0 saturated carbocycles. The lowest BCUT2D eigenvalue weighted by atomic mass is 10.1. The van der Waals surface area contributed by atoms with Gasteiger partial charge in [0.05, 0.1) is 24.3 Å². The van der Waals surface area contributed by atoms with Gasteiger partial charge in [0.15, 0.2) is 22.4 Å². The quantitative estimate of drug-likeness (QED) is 0.243. The molecule has 0 spiro atoms. The number of carbonyl (C=O) groups excluding carboxylic acids is 2. The Balaban J connectivity index is 1.42. The number of ether oxygens (including phenoxy) is 3. The molecule has 9 heteroatoms. The van der Waals surface area contributed by atoms with Gasteiger partial charge in [-0.1, -0.05) is 49.1 Å². The molecule has 4 rings (SSSR count). The van der Waals surface area contributed by atoms with Gasteiger partial charge in [-0.2, -0.15) is 0 Å². The van der Waals surface area contributed by atoms with Gasteiger partial charge in [-0.25, -0.2) is 0 Å². The largest absolute Gasteiger partial charge is 0.494 e. The number of thioether (sulfide) groups is 1. The number of thiocarbonyl (C=S) groups is 1. The van der Waals surface area contributed by atoms with Gasteiger partial charge < -0.3 is 19.5 Å². The van der Waals surface area contributed by atoms with Crippen molar-refractivity contribution in [1.29, 1.82) is 0 Å². The lowest BCUT2D eigenvalue weighted by molar-refractivity contribution is -0.118. The highest BCUT2D eigenvalue weighted by Gasteiger charge is 2.33. The van der Waals surface area contributed by atoms with Crippen LogP contribution in [-0.4, -0.2) is 36.5 Å². The molecule has 1 fully saturated rings. The molecule has 0 aromatic heterocycles. The van der Waals surface area contributed by atoms with Crippen molar-refractivity contribution >= 4 is 57.6 Å². The fourth-order valence-corrected chi connectivity index (χ4v) is 5.06. The monoisotopic (exact) mass is 548 g/mol. The lowest BCUT2D eigenvalue weighted by Crippen LogP contribution is -2.27. The van der Waals surface area contributed by atoms with E-state index >= 15 is 0 Å². The second-order valence-electron chi connectivity index (χ2n) is 8.24. The molecule has 1 aliphatic rings. The summed E-state index contributed by atoms with van der Waals surface area (Å²) in [7, 11) is 1.52. The molecule has 0 bridgehead atoms. The second-order valence-corrected chi connectivity index (χ2v) is 9.92. The first-order valence-electron chi connectivity index (χ1n) is 12.1. The molecule has 1 saturated heterocycles. The van der Waals surface area contributed by atoms with Crippen LogP contribution in [0.1, 0.15) is 25.0 Å². The van der Waals surface area contributed by atoms with E-state index in [1.54, 1.807) is 24.3 Å². The highest BCUT2D eigenvalue weighted by atomic mass is 32.2. The summed E-state index contributed by atoms with van der Waals surface area (Å²) in [6.07, 6.45) is 2.69. The minimum Gasteiger partial charge on any atom is -0.494 e. The van der Waals surface area contributed by atoms with Gasteiger partial charge in [0.25, 0.3) is 11.8 Å². The first kappa shape index (κ1) is 27.2. The number of nitrogens with zero attached hydrogens (tertiary/aromatic N) is 1. The summed E-state index contributed by atoms with van der Waals surface area (Å²) in [5.41, 5.74) is 3.32. The van der Waals surface area contributed by atoms with Crippen LogP contribution in [-0.2, 0) is 16.0 Å². The number of aryl methyl sites for hydroxylation is 1. The third-order valence-electron chi connectivity index (χ3n) is 5.69. The minimum atomic E-state index is -0.279. The van der Waals surface area contributed by atoms with E-state index in [9.17, 15) is 9.59 Å². The van der Waals surface area contributed by atoms with E-state index in [2.05, 4.69) is 12.2 Å². The zero-order valence-corrected chi connectivity index (χ0v) is 23.0. The van der Waals surface area contributed by atoms with E-state index in [4.69, 9.17) is 26.4 Å². The Bertz CT molecular complexity index is 1350. The van der Waals surface area contributed by atoms with Crippen LogP contribution in [0.4, 0.5) is 11.4 Å². The first-order chi connectivity index (χ1) is 18.4. The van der Waals surface area contributed by atoms with Crippen molar-refractivity contribution in [3.63, 3.8) is 0 Å². The summed E-state index contributed by atoms with van der Waals surface area (Å²) >= 11 is 6.71. The van der Waals surface area contributed by atoms with Crippen molar-refractivity contribution < 1.29 is 23.8 Å². The maximum atomic E-state index is 13.1. The third-order valence-corrected chi connectivity index (χ3v) is 6.99. The first-order valence-corrected chi connectivity index (χ1v) is 13.3. The Morgan fingerprint density at radius 3 is 2.39 bits per heavy atom. The zero-order valence-electron chi connectivity index (χ0n) is 21.4. The summed E-state index contributed by atoms with van der Waals surface area (Å²) in [5.74, 6) is 1.11. The Morgan fingerprint density at radius 2 is 1.74 bits per heavy atom. The van der Waals surface area contributed by atoms with E-state index in [0.717, 1.165) is 17.7 Å². The van der Waals surface area contributed by atoms with Gasteiger partial charge in [0.2, 0.25) is 0 Å². The summed E-state index contributed by atoms with van der Waals surface area (Å²) in [4.78, 5) is 27.5. The third kappa shape index (κ3) is 6.54. The normalized spacial score (nSPS) is 14.1. The minimum absolute atomic E-state index is 0.175. The Kier molecular flexibility index (Phi) is 9.04. The molecule has 1 N–H and O–H groups in total. The smallest absolute Gasteiger partial charge is 0.270 e. The van der Waals surface area contributed by atoms with Crippen molar-refractivity contribution in [3.05, 3.63) is 82.8 Å². The van der Waals surface area contributed by atoms with Crippen molar-refractivity contribution in [3.8, 4) is 17.2 Å². The maximum Gasteiger partial charge on any atom is 0.270 e. The Labute approximate surface area is 231 Å². The molecular weight excluding hydrogens is 520 g/mol. The molecule has 1 aliphatic heterocycles. The average molecular weight is 549 g/mol. The summed E-state index contributed by atoms with van der Waals surface area (Å²) in [6, 6.07) is 20.2. The number of hydrogen-bond donors (Lipinski definition) is 1. The van der Waals surface area contributed by atoms with E-state index in [1.165, 1.54) is 29.3 Å². The molecule has 0 unspecified atom stereocenters. The van der Waals surface area contributed by atoms with Gasteiger partial charge in [-0.05, 0) is 79.1 Å². The van der Waals surface area contributed by atoms with Gasteiger partial charge in [0.1, 0.15) is 5.75 Å². The molecule has 0 atom stereocenters. The van der Waals surface area contributed by atoms with Crippen molar-refractivity contribution in [2.24, 2.45) is 0 Å². The molecule has 7 nitrogen and oxygen atoms in total. The fourth-order valence-electron chi connectivity index (χ4n) is 3.76. The van der Waals surface area contributed by atoms with Crippen LogP contribution in [0.15, 0.2) is 71.6 Å². The molecule has 0 aliphatic carbocycles. The van der Waals surface area contributed by atoms with Crippen molar-refractivity contribution in [2.45, 2.75) is 20.3 Å². The Hall–Kier alpha value is -3.82. The SMILES string of the molecule is CCOc1ccc(N2C(=O)/C(=C/c3ccc(OCC(=O)Nc4ccc(CC)cc4)c(OC)c3)SC2=S)cc1. The molecule has 3 aromatic carbocycles. The van der Waals surface area contributed by atoms with Gasteiger partial charge in [-0.15, -0.1) is 0 Å². The van der Waals surface area contributed by atoms with E-state index in [0.29, 0.717) is 38.7 Å². The lowest BCUT2D eigenvalue weighted by Gasteiger charge is -2.15. The van der Waals surface area contributed by atoms with E-state index in [1.807, 2.05) is 55.5 Å². The number of carbonyl (C=O) groups is 2. The van der Waals surface area contributed by atoms with Crippen LogP contribution in [0.2, 0.25) is 0 Å². The van der Waals surface area contributed by atoms with E-state index in [-0.39, 0.29) is 18.4 Å². The molecule has 2 amide bonds. The van der Waals surface area contributed by atoms with Crippen LogP contribution in [0.5, 0.6) is 17.2 Å². The number of amides is 2. The predicted octanol–water partition coefficient (Wildman–Crippen LogP) is 6.08. The van der Waals surface area contributed by atoms with Gasteiger partial charge in [-0.3, -0.25) is 14.5 Å². The number of rotatable bonds is 10. The van der Waals surface area contributed by atoms with Crippen LogP contribution in [0.25, 0.3) is 6.08 Å².